The molecule has 0 saturated carbocycles. The molecular formula is C12H12ClNO2. The maximum absolute atomic E-state index is 11.3. The van der Waals surface area contributed by atoms with Crippen LogP contribution >= 0.6 is 11.6 Å². The van der Waals surface area contributed by atoms with Crippen LogP contribution in [0.3, 0.4) is 0 Å². The van der Waals surface area contributed by atoms with E-state index >= 15 is 0 Å². The number of terminal acetylenes is 1. The summed E-state index contributed by atoms with van der Waals surface area (Å²) in [6.07, 6.45) is 5.22. The predicted octanol–water partition coefficient (Wildman–Crippen LogP) is 1.73. The molecule has 1 rings (SSSR count). The summed E-state index contributed by atoms with van der Waals surface area (Å²) in [6, 6.07) is 6.26. The minimum Gasteiger partial charge on any atom is -0.460 e. The van der Waals surface area contributed by atoms with Crippen LogP contribution in [0.15, 0.2) is 24.3 Å². The Kier molecular flexibility index (Phi) is 4.84. The second kappa shape index (κ2) is 6.16. The smallest absolute Gasteiger partial charge is 0.324 e. The second-order valence-corrected chi connectivity index (χ2v) is 3.69. The van der Waals surface area contributed by atoms with Crippen molar-refractivity contribution < 1.29 is 9.53 Å². The van der Waals surface area contributed by atoms with Gasteiger partial charge in [-0.2, -0.15) is 0 Å². The number of carbonyl (C=O) groups is 1. The van der Waals surface area contributed by atoms with Gasteiger partial charge in [-0.25, -0.2) is 0 Å². The van der Waals surface area contributed by atoms with E-state index in [2.05, 4.69) is 5.92 Å². The molecule has 0 fully saturated rings. The summed E-state index contributed by atoms with van der Waals surface area (Å²) < 4.78 is 4.98. The first-order chi connectivity index (χ1) is 7.63. The first kappa shape index (κ1) is 12.6. The summed E-state index contributed by atoms with van der Waals surface area (Å²) in [5.74, 6) is 1.82. The third kappa shape index (κ3) is 3.93. The fourth-order valence-electron chi connectivity index (χ4n) is 1.05. The number of carbonyl (C=O) groups excluding carboxylic acids is 1. The van der Waals surface area contributed by atoms with Gasteiger partial charge in [0.25, 0.3) is 0 Å². The van der Waals surface area contributed by atoms with Gasteiger partial charge in [0.05, 0.1) is 0 Å². The molecule has 0 saturated heterocycles. The molecule has 2 N–H and O–H groups in total. The van der Waals surface area contributed by atoms with Crippen LogP contribution in [-0.2, 0) is 16.1 Å². The van der Waals surface area contributed by atoms with Gasteiger partial charge in [0, 0.05) is 11.4 Å². The summed E-state index contributed by atoms with van der Waals surface area (Å²) in [7, 11) is 0. The monoisotopic (exact) mass is 237 g/mol. The molecule has 84 valence electrons. The summed E-state index contributed by atoms with van der Waals surface area (Å²) >= 11 is 5.72. The molecule has 0 heterocycles. The van der Waals surface area contributed by atoms with Gasteiger partial charge in [-0.15, -0.1) is 12.3 Å². The van der Waals surface area contributed by atoms with Crippen molar-refractivity contribution in [2.75, 3.05) is 0 Å². The molecule has 0 aliphatic rings. The van der Waals surface area contributed by atoms with E-state index < -0.39 is 12.0 Å². The topological polar surface area (TPSA) is 52.3 Å². The van der Waals surface area contributed by atoms with Gasteiger partial charge in [0.15, 0.2) is 0 Å². The van der Waals surface area contributed by atoms with Crippen LogP contribution in [0.2, 0.25) is 5.02 Å². The number of rotatable bonds is 4. The molecule has 0 aliphatic carbocycles. The standard InChI is InChI=1S/C12H12ClNO2/c1-2-3-11(14)12(15)16-8-9-4-6-10(13)7-5-9/h1,4-7,11H,3,8,14H2. The van der Waals surface area contributed by atoms with Crippen molar-refractivity contribution in [1.82, 2.24) is 0 Å². The Labute approximate surface area is 99.5 Å². The second-order valence-electron chi connectivity index (χ2n) is 3.25. The van der Waals surface area contributed by atoms with Gasteiger partial charge in [-0.3, -0.25) is 4.79 Å². The minimum absolute atomic E-state index is 0.175. The lowest BCUT2D eigenvalue weighted by Crippen LogP contribution is -2.31. The predicted molar refractivity (Wildman–Crippen MR) is 62.7 cm³/mol. The Morgan fingerprint density at radius 2 is 2.12 bits per heavy atom. The van der Waals surface area contributed by atoms with Crippen molar-refractivity contribution in [2.45, 2.75) is 19.1 Å². The molecule has 0 spiro atoms. The van der Waals surface area contributed by atoms with Crippen molar-refractivity contribution in [3.8, 4) is 12.3 Å². The summed E-state index contributed by atoms with van der Waals surface area (Å²) in [5, 5.41) is 0.638. The largest absolute Gasteiger partial charge is 0.460 e. The van der Waals surface area contributed by atoms with E-state index in [1.165, 1.54) is 0 Å². The van der Waals surface area contributed by atoms with Gasteiger partial charge < -0.3 is 10.5 Å². The first-order valence-corrected chi connectivity index (χ1v) is 5.11. The molecule has 0 aromatic heterocycles. The van der Waals surface area contributed by atoms with Crippen molar-refractivity contribution in [1.29, 1.82) is 0 Å². The van der Waals surface area contributed by atoms with Gasteiger partial charge >= 0.3 is 5.97 Å². The average Bonchev–Trinajstić information content (AvgIpc) is 2.28. The highest BCUT2D eigenvalue weighted by atomic mass is 35.5. The lowest BCUT2D eigenvalue weighted by Gasteiger charge is -2.08. The first-order valence-electron chi connectivity index (χ1n) is 4.73. The van der Waals surface area contributed by atoms with Crippen molar-refractivity contribution in [3.63, 3.8) is 0 Å². The molecule has 0 amide bonds. The van der Waals surface area contributed by atoms with E-state index in [9.17, 15) is 4.79 Å². The van der Waals surface area contributed by atoms with Gasteiger partial charge in [0.2, 0.25) is 0 Å². The van der Waals surface area contributed by atoms with Crippen molar-refractivity contribution in [2.24, 2.45) is 5.73 Å². The zero-order valence-electron chi connectivity index (χ0n) is 8.65. The lowest BCUT2D eigenvalue weighted by atomic mass is 10.2. The van der Waals surface area contributed by atoms with Crippen LogP contribution in [0.4, 0.5) is 0 Å². The van der Waals surface area contributed by atoms with Crippen LogP contribution < -0.4 is 5.73 Å². The Bertz CT molecular complexity index is 394. The normalized spacial score (nSPS) is 11.6. The van der Waals surface area contributed by atoms with E-state index in [4.69, 9.17) is 28.5 Å². The Morgan fingerprint density at radius 1 is 1.50 bits per heavy atom. The van der Waals surface area contributed by atoms with Crippen LogP contribution in [0, 0.1) is 12.3 Å². The third-order valence-corrected chi connectivity index (χ3v) is 2.19. The zero-order chi connectivity index (χ0) is 12.0. The summed E-state index contributed by atoms with van der Waals surface area (Å²) in [6.45, 7) is 0.175. The highest BCUT2D eigenvalue weighted by Gasteiger charge is 2.13. The number of nitrogens with two attached hydrogens (primary N) is 1. The molecule has 0 bridgehead atoms. The van der Waals surface area contributed by atoms with Crippen LogP contribution in [0.5, 0.6) is 0 Å². The number of halogens is 1. The maximum Gasteiger partial charge on any atom is 0.324 e. The molecule has 0 radical (unpaired) electrons. The molecule has 1 aromatic carbocycles. The highest BCUT2D eigenvalue weighted by Crippen LogP contribution is 2.10. The van der Waals surface area contributed by atoms with E-state index in [-0.39, 0.29) is 13.0 Å². The van der Waals surface area contributed by atoms with E-state index in [1.54, 1.807) is 24.3 Å². The van der Waals surface area contributed by atoms with Crippen LogP contribution in [0.1, 0.15) is 12.0 Å². The van der Waals surface area contributed by atoms with Gasteiger partial charge in [0.1, 0.15) is 12.6 Å². The van der Waals surface area contributed by atoms with Crippen molar-refractivity contribution >= 4 is 17.6 Å². The Hall–Kier alpha value is -1.50. The van der Waals surface area contributed by atoms with Crippen LogP contribution in [-0.4, -0.2) is 12.0 Å². The average molecular weight is 238 g/mol. The Morgan fingerprint density at radius 3 is 2.69 bits per heavy atom. The fraction of sp³-hybridized carbons (Fsp3) is 0.250. The molecular weight excluding hydrogens is 226 g/mol. The molecule has 3 nitrogen and oxygen atoms in total. The molecule has 1 aromatic rings. The number of hydrogen-bond donors (Lipinski definition) is 1. The maximum atomic E-state index is 11.3. The highest BCUT2D eigenvalue weighted by molar-refractivity contribution is 6.30. The molecule has 4 heteroatoms. The van der Waals surface area contributed by atoms with E-state index in [0.717, 1.165) is 5.56 Å². The quantitative estimate of drug-likeness (QED) is 0.641. The minimum atomic E-state index is -0.752. The molecule has 0 aliphatic heterocycles. The SMILES string of the molecule is C#CCC(N)C(=O)OCc1ccc(Cl)cc1. The summed E-state index contributed by atoms with van der Waals surface area (Å²) in [4.78, 5) is 11.3. The van der Waals surface area contributed by atoms with Crippen LogP contribution in [0.25, 0.3) is 0 Å². The van der Waals surface area contributed by atoms with Gasteiger partial charge in [-0.1, -0.05) is 23.7 Å². The Balaban J connectivity index is 2.43. The number of ether oxygens (including phenoxy) is 1. The molecule has 1 atom stereocenters. The zero-order valence-corrected chi connectivity index (χ0v) is 9.41. The molecule has 1 unspecified atom stereocenters. The molecule has 16 heavy (non-hydrogen) atoms. The van der Waals surface area contributed by atoms with E-state index in [0.29, 0.717) is 5.02 Å². The fourth-order valence-corrected chi connectivity index (χ4v) is 1.18. The number of hydrogen-bond acceptors (Lipinski definition) is 3. The van der Waals surface area contributed by atoms with Crippen molar-refractivity contribution in [3.05, 3.63) is 34.9 Å². The third-order valence-electron chi connectivity index (χ3n) is 1.93. The number of esters is 1. The van der Waals surface area contributed by atoms with Gasteiger partial charge in [-0.05, 0) is 17.7 Å². The summed E-state index contributed by atoms with van der Waals surface area (Å²) in [5.41, 5.74) is 6.33. The van der Waals surface area contributed by atoms with E-state index in [1.807, 2.05) is 0 Å². The lowest BCUT2D eigenvalue weighted by molar-refractivity contribution is -0.146. The number of benzene rings is 1.